The lowest BCUT2D eigenvalue weighted by molar-refractivity contribution is -0.0835. The van der Waals surface area contributed by atoms with Gasteiger partial charge in [0.15, 0.2) is 0 Å². The topological polar surface area (TPSA) is 41.5 Å². The maximum Gasteiger partial charge on any atom is 0.141 e. The summed E-state index contributed by atoms with van der Waals surface area (Å²) in [6.07, 6.45) is 7.97. The number of hydrogen-bond acceptors (Lipinski definition) is 3. The second-order valence-electron chi connectivity index (χ2n) is 6.26. The molecule has 0 unspecified atom stereocenters. The number of fused-ring (bicyclic) bond motifs is 1. The summed E-state index contributed by atoms with van der Waals surface area (Å²) in [6.45, 7) is 0. The van der Waals surface area contributed by atoms with Crippen LogP contribution < -0.4 is 10.1 Å². The molecule has 2 aliphatic rings. The molecule has 3 atom stereocenters. The summed E-state index contributed by atoms with van der Waals surface area (Å²) in [7, 11) is 1.69. The van der Waals surface area contributed by atoms with Gasteiger partial charge in [-0.15, -0.1) is 0 Å². The van der Waals surface area contributed by atoms with E-state index in [0.717, 1.165) is 30.7 Å². The van der Waals surface area contributed by atoms with Crippen LogP contribution >= 0.6 is 0 Å². The van der Waals surface area contributed by atoms with Crippen molar-refractivity contribution in [2.24, 2.45) is 5.92 Å². The Morgan fingerprint density at radius 1 is 1.15 bits per heavy atom. The van der Waals surface area contributed by atoms with Crippen LogP contribution in [-0.2, 0) is 0 Å². The molecule has 2 saturated carbocycles. The fourth-order valence-corrected chi connectivity index (χ4v) is 4.07. The summed E-state index contributed by atoms with van der Waals surface area (Å²) >= 11 is 0. The Morgan fingerprint density at radius 3 is 2.80 bits per heavy atom. The number of para-hydroxylation sites is 2. The third-order valence-corrected chi connectivity index (χ3v) is 5.17. The van der Waals surface area contributed by atoms with Crippen LogP contribution in [0.4, 0.5) is 5.69 Å². The first kappa shape index (κ1) is 13.7. The van der Waals surface area contributed by atoms with E-state index >= 15 is 0 Å². The molecule has 3 rings (SSSR count). The smallest absolute Gasteiger partial charge is 0.141 e. The predicted molar refractivity (Wildman–Crippen MR) is 81.2 cm³/mol. The predicted octanol–water partition coefficient (Wildman–Crippen LogP) is 3.58. The minimum Gasteiger partial charge on any atom is -0.495 e. The van der Waals surface area contributed by atoms with Gasteiger partial charge in [0.05, 0.1) is 24.4 Å². The van der Waals surface area contributed by atoms with E-state index in [4.69, 9.17) is 4.74 Å². The van der Waals surface area contributed by atoms with E-state index in [-0.39, 0.29) is 6.04 Å². The Kier molecular flexibility index (Phi) is 3.88. The van der Waals surface area contributed by atoms with Gasteiger partial charge >= 0.3 is 0 Å². The van der Waals surface area contributed by atoms with Gasteiger partial charge in [0.2, 0.25) is 0 Å². The van der Waals surface area contributed by atoms with Crippen LogP contribution in [-0.4, -0.2) is 23.9 Å². The minimum absolute atomic E-state index is 0.151. The Morgan fingerprint density at radius 2 is 1.95 bits per heavy atom. The van der Waals surface area contributed by atoms with Crippen molar-refractivity contribution in [2.75, 3.05) is 12.4 Å². The molecule has 0 amide bonds. The van der Waals surface area contributed by atoms with Gasteiger partial charge in [-0.1, -0.05) is 31.4 Å². The van der Waals surface area contributed by atoms with Crippen molar-refractivity contribution in [2.45, 2.75) is 56.6 Å². The van der Waals surface area contributed by atoms with Gasteiger partial charge in [-0.2, -0.15) is 0 Å². The second kappa shape index (κ2) is 5.65. The number of rotatable bonds is 3. The summed E-state index contributed by atoms with van der Waals surface area (Å²) in [5.41, 5.74) is 0.469. The van der Waals surface area contributed by atoms with E-state index in [2.05, 4.69) is 5.32 Å². The normalized spacial score (nSPS) is 33.3. The van der Waals surface area contributed by atoms with Crippen molar-refractivity contribution < 1.29 is 9.84 Å². The molecule has 0 saturated heterocycles. The fourth-order valence-electron chi connectivity index (χ4n) is 4.07. The van der Waals surface area contributed by atoms with E-state index in [9.17, 15) is 5.11 Å². The molecule has 0 aromatic heterocycles. The SMILES string of the molecule is COc1ccccc1N[C@H]1CCC[C@H]2CCCC[C@@]21O. The number of nitrogens with one attached hydrogen (secondary N) is 1. The zero-order chi connectivity index (χ0) is 14.0. The van der Waals surface area contributed by atoms with Crippen LogP contribution in [0, 0.1) is 5.92 Å². The molecule has 1 aromatic carbocycles. The quantitative estimate of drug-likeness (QED) is 0.886. The van der Waals surface area contributed by atoms with E-state index in [1.807, 2.05) is 24.3 Å². The first-order valence-electron chi connectivity index (χ1n) is 7.86. The highest BCUT2D eigenvalue weighted by Gasteiger charge is 2.47. The van der Waals surface area contributed by atoms with Crippen LogP contribution in [0.2, 0.25) is 0 Å². The zero-order valence-corrected chi connectivity index (χ0v) is 12.3. The molecule has 0 radical (unpaired) electrons. The molecule has 1 aromatic rings. The Balaban J connectivity index is 1.81. The lowest BCUT2D eigenvalue weighted by Gasteiger charge is -2.49. The molecule has 3 nitrogen and oxygen atoms in total. The Hall–Kier alpha value is -1.22. The lowest BCUT2D eigenvalue weighted by Crippen LogP contribution is -2.56. The van der Waals surface area contributed by atoms with Gasteiger partial charge in [-0.05, 0) is 43.7 Å². The molecule has 2 aliphatic carbocycles. The average molecular weight is 275 g/mol. The zero-order valence-electron chi connectivity index (χ0n) is 12.3. The van der Waals surface area contributed by atoms with Gasteiger partial charge in [-0.3, -0.25) is 0 Å². The lowest BCUT2D eigenvalue weighted by atomic mass is 9.65. The summed E-state index contributed by atoms with van der Waals surface area (Å²) in [6, 6.07) is 8.14. The maximum atomic E-state index is 11.2. The number of anilines is 1. The molecular weight excluding hydrogens is 250 g/mol. The molecule has 2 fully saturated rings. The summed E-state index contributed by atoms with van der Waals surface area (Å²) in [5, 5.41) is 14.7. The summed E-state index contributed by atoms with van der Waals surface area (Å²) in [5.74, 6) is 1.33. The van der Waals surface area contributed by atoms with Crippen molar-refractivity contribution in [1.29, 1.82) is 0 Å². The second-order valence-corrected chi connectivity index (χ2v) is 6.26. The molecule has 3 heteroatoms. The van der Waals surface area contributed by atoms with Crippen molar-refractivity contribution >= 4 is 5.69 Å². The highest BCUT2D eigenvalue weighted by atomic mass is 16.5. The van der Waals surface area contributed by atoms with E-state index in [1.54, 1.807) is 7.11 Å². The number of aliphatic hydroxyl groups is 1. The van der Waals surface area contributed by atoms with Gasteiger partial charge < -0.3 is 15.2 Å². The van der Waals surface area contributed by atoms with Crippen LogP contribution in [0.5, 0.6) is 5.75 Å². The Labute approximate surface area is 121 Å². The molecule has 110 valence electrons. The van der Waals surface area contributed by atoms with E-state index < -0.39 is 5.60 Å². The summed E-state index contributed by atoms with van der Waals surface area (Å²) in [4.78, 5) is 0. The van der Waals surface area contributed by atoms with E-state index in [0.29, 0.717) is 5.92 Å². The highest BCUT2D eigenvalue weighted by molar-refractivity contribution is 5.57. The monoisotopic (exact) mass is 275 g/mol. The molecule has 0 bridgehead atoms. The molecule has 0 aliphatic heterocycles. The largest absolute Gasteiger partial charge is 0.495 e. The van der Waals surface area contributed by atoms with Crippen LogP contribution in [0.15, 0.2) is 24.3 Å². The Bertz CT molecular complexity index is 460. The number of methoxy groups -OCH3 is 1. The molecule has 20 heavy (non-hydrogen) atoms. The average Bonchev–Trinajstić information content (AvgIpc) is 2.48. The van der Waals surface area contributed by atoms with Crippen LogP contribution in [0.25, 0.3) is 0 Å². The summed E-state index contributed by atoms with van der Waals surface area (Å²) < 4.78 is 5.41. The molecule has 2 N–H and O–H groups in total. The standard InChI is InChI=1S/C17H25NO2/c1-20-15-10-3-2-9-14(15)18-16-11-6-8-13-7-4-5-12-17(13,16)19/h2-3,9-10,13,16,18-19H,4-8,11-12H2,1H3/t13-,16+,17-/m1/s1. The number of ether oxygens (including phenoxy) is 1. The van der Waals surface area contributed by atoms with Crippen molar-refractivity contribution in [3.8, 4) is 5.75 Å². The first-order chi connectivity index (χ1) is 9.74. The van der Waals surface area contributed by atoms with Crippen LogP contribution in [0.1, 0.15) is 44.9 Å². The maximum absolute atomic E-state index is 11.2. The third-order valence-electron chi connectivity index (χ3n) is 5.17. The van der Waals surface area contributed by atoms with Gasteiger partial charge in [0.25, 0.3) is 0 Å². The van der Waals surface area contributed by atoms with Gasteiger partial charge in [-0.25, -0.2) is 0 Å². The molecular formula is C17H25NO2. The highest BCUT2D eigenvalue weighted by Crippen LogP contribution is 2.45. The van der Waals surface area contributed by atoms with Gasteiger partial charge in [0.1, 0.15) is 5.75 Å². The van der Waals surface area contributed by atoms with Crippen molar-refractivity contribution in [1.82, 2.24) is 0 Å². The fraction of sp³-hybridized carbons (Fsp3) is 0.647. The van der Waals surface area contributed by atoms with Gasteiger partial charge in [0, 0.05) is 0 Å². The third kappa shape index (κ3) is 2.39. The van der Waals surface area contributed by atoms with Crippen molar-refractivity contribution in [3.63, 3.8) is 0 Å². The number of benzene rings is 1. The molecule has 0 spiro atoms. The molecule has 0 heterocycles. The van der Waals surface area contributed by atoms with Crippen LogP contribution in [0.3, 0.4) is 0 Å². The van der Waals surface area contributed by atoms with Crippen molar-refractivity contribution in [3.05, 3.63) is 24.3 Å². The van der Waals surface area contributed by atoms with E-state index in [1.165, 1.54) is 25.7 Å². The number of hydrogen-bond donors (Lipinski definition) is 2. The first-order valence-corrected chi connectivity index (χ1v) is 7.86. The minimum atomic E-state index is -0.530.